The molecule has 0 aliphatic rings. The summed E-state index contributed by atoms with van der Waals surface area (Å²) in [6, 6.07) is 8.02. The van der Waals surface area contributed by atoms with E-state index >= 15 is 0 Å². The Morgan fingerprint density at radius 1 is 1.33 bits per heavy atom. The number of amides is 1. The summed E-state index contributed by atoms with van der Waals surface area (Å²) in [5.74, 6) is 0.0540. The summed E-state index contributed by atoms with van der Waals surface area (Å²) in [5.41, 5.74) is 0.750. The number of benzene rings is 1. The van der Waals surface area contributed by atoms with E-state index < -0.39 is 11.7 Å². The van der Waals surface area contributed by atoms with E-state index in [9.17, 15) is 9.18 Å². The number of ether oxygens (including phenoxy) is 1. The van der Waals surface area contributed by atoms with Crippen LogP contribution in [-0.2, 0) is 0 Å². The third-order valence-corrected chi connectivity index (χ3v) is 2.79. The average molecular weight is 289 g/mol. The maximum absolute atomic E-state index is 13.3. The van der Waals surface area contributed by atoms with Gasteiger partial charge in [-0.05, 0) is 37.3 Å². The predicted molar refractivity (Wildman–Crippen MR) is 79.3 cm³/mol. The fourth-order valence-electron chi connectivity index (χ4n) is 1.79. The number of aromatic nitrogens is 1. The molecule has 1 aromatic carbocycles. The van der Waals surface area contributed by atoms with Crippen LogP contribution in [0.4, 0.5) is 15.9 Å². The summed E-state index contributed by atoms with van der Waals surface area (Å²) in [7, 11) is 1.56. The number of nitrogens with one attached hydrogen (secondary N) is 2. The number of hydrogen-bond acceptors (Lipinski definition) is 4. The first-order valence-corrected chi connectivity index (χ1v) is 6.49. The highest BCUT2D eigenvalue weighted by atomic mass is 19.1. The molecule has 0 fully saturated rings. The van der Waals surface area contributed by atoms with Crippen LogP contribution in [-0.4, -0.2) is 24.5 Å². The van der Waals surface area contributed by atoms with Gasteiger partial charge in [0.15, 0.2) is 0 Å². The minimum atomic E-state index is -0.559. The molecule has 2 rings (SSSR count). The summed E-state index contributed by atoms with van der Waals surface area (Å²) >= 11 is 0. The maximum atomic E-state index is 13.3. The van der Waals surface area contributed by atoms with E-state index in [0.717, 1.165) is 12.3 Å². The molecule has 1 amide bonds. The number of carbonyl (C=O) groups is 1. The zero-order chi connectivity index (χ0) is 15.2. The molecule has 0 spiro atoms. The number of halogens is 1. The van der Waals surface area contributed by atoms with Crippen LogP contribution in [0.5, 0.6) is 5.75 Å². The first kappa shape index (κ1) is 14.8. The highest BCUT2D eigenvalue weighted by Gasteiger charge is 2.14. The Kier molecular flexibility index (Phi) is 4.71. The van der Waals surface area contributed by atoms with Gasteiger partial charge >= 0.3 is 0 Å². The van der Waals surface area contributed by atoms with E-state index in [2.05, 4.69) is 15.6 Å². The van der Waals surface area contributed by atoms with Gasteiger partial charge < -0.3 is 15.4 Å². The molecule has 0 aliphatic heterocycles. The van der Waals surface area contributed by atoms with Crippen molar-refractivity contribution in [1.29, 1.82) is 0 Å². The minimum Gasteiger partial charge on any atom is -0.497 e. The van der Waals surface area contributed by atoms with Crippen LogP contribution in [0.15, 0.2) is 36.5 Å². The molecule has 1 aromatic heterocycles. The third kappa shape index (κ3) is 3.68. The second-order valence-corrected chi connectivity index (χ2v) is 4.26. The van der Waals surface area contributed by atoms with Crippen molar-refractivity contribution in [2.75, 3.05) is 24.3 Å². The lowest BCUT2D eigenvalue weighted by atomic mass is 10.2. The molecule has 0 saturated carbocycles. The lowest BCUT2D eigenvalue weighted by Gasteiger charge is -2.10. The molecule has 0 radical (unpaired) electrons. The number of anilines is 2. The molecule has 110 valence electrons. The fourth-order valence-corrected chi connectivity index (χ4v) is 1.79. The van der Waals surface area contributed by atoms with Gasteiger partial charge in [-0.1, -0.05) is 0 Å². The summed E-state index contributed by atoms with van der Waals surface area (Å²) in [6.07, 6.45) is 1.07. The highest BCUT2D eigenvalue weighted by Crippen LogP contribution is 2.18. The Labute approximate surface area is 122 Å². The van der Waals surface area contributed by atoms with Crippen LogP contribution in [0, 0.1) is 5.82 Å². The normalized spacial score (nSPS) is 10.0. The Bertz CT molecular complexity index is 629. The highest BCUT2D eigenvalue weighted by molar-refractivity contribution is 6.07. The second kappa shape index (κ2) is 6.69. The number of carbonyl (C=O) groups excluding carboxylic acids is 1. The third-order valence-electron chi connectivity index (χ3n) is 2.79. The molecule has 2 aromatic rings. The number of pyridine rings is 1. The Morgan fingerprint density at radius 2 is 2.05 bits per heavy atom. The van der Waals surface area contributed by atoms with Gasteiger partial charge in [-0.2, -0.15) is 0 Å². The van der Waals surface area contributed by atoms with Gasteiger partial charge in [0.25, 0.3) is 5.91 Å². The maximum Gasteiger partial charge on any atom is 0.259 e. The standard InChI is InChI=1S/C15H16FN3O2/c1-3-17-14-13(8-10(16)9-18-14)15(20)19-11-4-6-12(21-2)7-5-11/h4-9H,3H2,1-2H3,(H,17,18)(H,19,20). The van der Waals surface area contributed by atoms with E-state index in [1.54, 1.807) is 31.4 Å². The van der Waals surface area contributed by atoms with E-state index in [-0.39, 0.29) is 5.56 Å². The van der Waals surface area contributed by atoms with Crippen molar-refractivity contribution in [3.05, 3.63) is 47.9 Å². The van der Waals surface area contributed by atoms with Crippen LogP contribution in [0.1, 0.15) is 17.3 Å². The smallest absolute Gasteiger partial charge is 0.259 e. The molecule has 6 heteroatoms. The first-order valence-electron chi connectivity index (χ1n) is 6.49. The molecule has 0 atom stereocenters. The van der Waals surface area contributed by atoms with Gasteiger partial charge in [0.05, 0.1) is 18.9 Å². The van der Waals surface area contributed by atoms with Crippen molar-refractivity contribution in [1.82, 2.24) is 4.98 Å². The summed E-state index contributed by atoms with van der Waals surface area (Å²) in [4.78, 5) is 16.1. The molecule has 0 unspecified atom stereocenters. The van der Waals surface area contributed by atoms with Gasteiger partial charge in [0.2, 0.25) is 0 Å². The average Bonchev–Trinajstić information content (AvgIpc) is 2.50. The number of hydrogen-bond donors (Lipinski definition) is 2. The molecule has 0 bridgehead atoms. The molecule has 1 heterocycles. The quantitative estimate of drug-likeness (QED) is 0.888. The van der Waals surface area contributed by atoms with E-state index in [4.69, 9.17) is 4.74 Å². The van der Waals surface area contributed by atoms with Crippen molar-refractivity contribution in [3.63, 3.8) is 0 Å². The van der Waals surface area contributed by atoms with Crippen molar-refractivity contribution < 1.29 is 13.9 Å². The molecule has 5 nitrogen and oxygen atoms in total. The summed E-state index contributed by atoms with van der Waals surface area (Å²) in [5, 5.41) is 5.62. The number of nitrogens with zero attached hydrogens (tertiary/aromatic N) is 1. The van der Waals surface area contributed by atoms with Crippen molar-refractivity contribution >= 4 is 17.4 Å². The fraction of sp³-hybridized carbons (Fsp3) is 0.200. The van der Waals surface area contributed by atoms with Gasteiger partial charge in [-0.15, -0.1) is 0 Å². The Hall–Kier alpha value is -2.63. The Balaban J connectivity index is 2.20. The SMILES string of the molecule is CCNc1ncc(F)cc1C(=O)Nc1ccc(OC)cc1. The van der Waals surface area contributed by atoms with Crippen LogP contribution in [0.25, 0.3) is 0 Å². The summed E-state index contributed by atoms with van der Waals surface area (Å²) < 4.78 is 18.3. The van der Waals surface area contributed by atoms with Crippen LogP contribution >= 0.6 is 0 Å². The molecule has 21 heavy (non-hydrogen) atoms. The largest absolute Gasteiger partial charge is 0.497 e. The monoisotopic (exact) mass is 289 g/mol. The zero-order valence-corrected chi connectivity index (χ0v) is 11.8. The van der Waals surface area contributed by atoms with E-state index in [0.29, 0.717) is 23.8 Å². The van der Waals surface area contributed by atoms with Crippen molar-refractivity contribution in [3.8, 4) is 5.75 Å². The van der Waals surface area contributed by atoms with Crippen molar-refractivity contribution in [2.45, 2.75) is 6.92 Å². The van der Waals surface area contributed by atoms with Gasteiger partial charge in [-0.25, -0.2) is 9.37 Å². The van der Waals surface area contributed by atoms with E-state index in [1.807, 2.05) is 6.92 Å². The van der Waals surface area contributed by atoms with Crippen LogP contribution in [0.2, 0.25) is 0 Å². The van der Waals surface area contributed by atoms with Crippen LogP contribution in [0.3, 0.4) is 0 Å². The molecule has 0 saturated heterocycles. The molecule has 0 aliphatic carbocycles. The van der Waals surface area contributed by atoms with E-state index in [1.165, 1.54) is 0 Å². The minimum absolute atomic E-state index is 0.160. The van der Waals surface area contributed by atoms with Crippen LogP contribution < -0.4 is 15.4 Å². The lowest BCUT2D eigenvalue weighted by Crippen LogP contribution is -2.16. The number of methoxy groups -OCH3 is 1. The first-order chi connectivity index (χ1) is 10.1. The van der Waals surface area contributed by atoms with Gasteiger partial charge in [0, 0.05) is 12.2 Å². The number of rotatable bonds is 5. The van der Waals surface area contributed by atoms with Gasteiger partial charge in [-0.3, -0.25) is 4.79 Å². The van der Waals surface area contributed by atoms with Gasteiger partial charge in [0.1, 0.15) is 17.4 Å². The Morgan fingerprint density at radius 3 is 2.67 bits per heavy atom. The molecule has 2 N–H and O–H groups in total. The van der Waals surface area contributed by atoms with Crippen molar-refractivity contribution in [2.24, 2.45) is 0 Å². The zero-order valence-electron chi connectivity index (χ0n) is 11.8. The molecular weight excluding hydrogens is 273 g/mol. The summed E-state index contributed by atoms with van der Waals surface area (Å²) in [6.45, 7) is 2.46. The topological polar surface area (TPSA) is 63.2 Å². The lowest BCUT2D eigenvalue weighted by molar-refractivity contribution is 0.102. The molecular formula is C15H16FN3O2. The second-order valence-electron chi connectivity index (χ2n) is 4.26. The predicted octanol–water partition coefficient (Wildman–Crippen LogP) is 2.91.